The van der Waals surface area contributed by atoms with Crippen molar-refractivity contribution >= 4 is 19.8 Å². The van der Waals surface area contributed by atoms with Gasteiger partial charge in [0.25, 0.3) is 0 Å². The van der Waals surface area contributed by atoms with Crippen LogP contribution in [0, 0.1) is 0 Å². The van der Waals surface area contributed by atoms with Gasteiger partial charge in [-0.2, -0.15) is 0 Å². The number of rotatable bonds is 32. The molecule has 0 aromatic rings. The van der Waals surface area contributed by atoms with Gasteiger partial charge in [-0.25, -0.2) is 4.57 Å². The number of likely N-dealkylation sites (N-methyl/N-ethyl adjacent to an activating group) is 1. The van der Waals surface area contributed by atoms with Crippen molar-refractivity contribution in [1.29, 1.82) is 0 Å². The molecule has 0 aromatic carbocycles. The molecule has 0 amide bonds. The van der Waals surface area contributed by atoms with Crippen molar-refractivity contribution in [3.05, 3.63) is 48.6 Å². The van der Waals surface area contributed by atoms with E-state index in [1.807, 2.05) is 21.1 Å². The summed E-state index contributed by atoms with van der Waals surface area (Å²) in [5.41, 5.74) is 0. The molecule has 48 heavy (non-hydrogen) atoms. The summed E-state index contributed by atoms with van der Waals surface area (Å²) in [6.45, 7) is 4.20. The first-order chi connectivity index (χ1) is 23.0. The Morgan fingerprint density at radius 2 is 1.19 bits per heavy atom. The van der Waals surface area contributed by atoms with Gasteiger partial charge in [-0.1, -0.05) is 114 Å². The normalized spacial score (nSPS) is 14.4. The van der Waals surface area contributed by atoms with Crippen LogP contribution in [0.25, 0.3) is 0 Å². The van der Waals surface area contributed by atoms with Crippen molar-refractivity contribution in [2.75, 3.05) is 47.5 Å². The first kappa shape index (κ1) is 46.0. The number of hydrogen-bond donors (Lipinski definition) is 1. The molecular formula is C38H69NO8P+. The Kier molecular flexibility index (Phi) is 29.7. The molecule has 9 nitrogen and oxygen atoms in total. The van der Waals surface area contributed by atoms with Crippen LogP contribution in [0.2, 0.25) is 0 Å². The van der Waals surface area contributed by atoms with Crippen molar-refractivity contribution in [2.24, 2.45) is 0 Å². The molecule has 0 aliphatic carbocycles. The number of esters is 2. The lowest BCUT2D eigenvalue weighted by Gasteiger charge is -2.24. The van der Waals surface area contributed by atoms with E-state index >= 15 is 0 Å². The SMILES string of the molecule is CC/C=C\C/C=C\C/C=C\C/C=C\CCCCC(=O)OC[C@H](COP(=O)(O)OCC[N+](C)(C)C)OC(=O)CCCCCCCCCCC. The standard InChI is InChI=1S/C38H68NO8P/c1-6-8-10-12-14-16-17-18-19-20-21-23-24-26-28-30-37(40)44-34-36(35-46-48(42,43)45-33-32-39(3,4)5)47-38(41)31-29-27-25-22-15-13-11-9-7-2/h8,10,14,16,18-19,21,23,36H,6-7,9,11-13,15,17,20,22,24-35H2,1-5H3/p+1/b10-8-,16-14-,19-18-,23-21-/t36-/m1/s1. The highest BCUT2D eigenvalue weighted by Crippen LogP contribution is 2.43. The fourth-order valence-electron chi connectivity index (χ4n) is 4.47. The maximum atomic E-state index is 12.5. The predicted molar refractivity (Wildman–Crippen MR) is 196 cm³/mol. The maximum absolute atomic E-state index is 12.5. The Bertz CT molecular complexity index is 970. The molecular weight excluding hydrogens is 629 g/mol. The molecule has 0 aliphatic heterocycles. The highest BCUT2D eigenvalue weighted by atomic mass is 31.2. The summed E-state index contributed by atoms with van der Waals surface area (Å²) in [5, 5.41) is 0. The second kappa shape index (κ2) is 31.0. The van der Waals surface area contributed by atoms with Crippen LogP contribution in [-0.4, -0.2) is 74.9 Å². The van der Waals surface area contributed by atoms with Gasteiger partial charge in [-0.3, -0.25) is 18.6 Å². The van der Waals surface area contributed by atoms with Gasteiger partial charge in [0.05, 0.1) is 27.7 Å². The summed E-state index contributed by atoms with van der Waals surface area (Å²) in [5.74, 6) is -0.856. The minimum atomic E-state index is -4.37. The number of unbranched alkanes of at least 4 members (excludes halogenated alkanes) is 10. The number of phosphoric ester groups is 1. The summed E-state index contributed by atoms with van der Waals surface area (Å²) >= 11 is 0. The van der Waals surface area contributed by atoms with E-state index in [-0.39, 0.29) is 26.1 Å². The zero-order valence-electron chi connectivity index (χ0n) is 31.0. The zero-order valence-corrected chi connectivity index (χ0v) is 31.8. The molecule has 1 N–H and O–H groups in total. The second-order valence-corrected chi connectivity index (χ2v) is 14.7. The number of phosphoric acid groups is 1. The Hall–Kier alpha value is -2.03. The molecule has 0 spiro atoms. The predicted octanol–water partition coefficient (Wildman–Crippen LogP) is 9.57. The number of hydrogen-bond acceptors (Lipinski definition) is 7. The summed E-state index contributed by atoms with van der Waals surface area (Å²) < 4.78 is 34.0. The number of nitrogens with zero attached hydrogens (tertiary/aromatic N) is 1. The van der Waals surface area contributed by atoms with Crippen molar-refractivity contribution in [1.82, 2.24) is 0 Å². The van der Waals surface area contributed by atoms with Gasteiger partial charge in [-0.15, -0.1) is 0 Å². The smallest absolute Gasteiger partial charge is 0.462 e. The fraction of sp³-hybridized carbons (Fsp3) is 0.737. The second-order valence-electron chi connectivity index (χ2n) is 13.2. The van der Waals surface area contributed by atoms with Crippen LogP contribution in [0.5, 0.6) is 0 Å². The number of carbonyl (C=O) groups is 2. The average Bonchev–Trinajstić information content (AvgIpc) is 3.02. The van der Waals surface area contributed by atoms with E-state index in [1.165, 1.54) is 32.1 Å². The van der Waals surface area contributed by atoms with Gasteiger partial charge in [-0.05, 0) is 51.4 Å². The number of carbonyl (C=O) groups excluding carboxylic acids is 2. The molecule has 2 atom stereocenters. The lowest BCUT2D eigenvalue weighted by atomic mass is 10.1. The molecule has 0 rings (SSSR count). The Labute approximate surface area is 293 Å². The number of quaternary nitrogens is 1. The van der Waals surface area contributed by atoms with Crippen LogP contribution in [0.4, 0.5) is 0 Å². The molecule has 1 unspecified atom stereocenters. The fourth-order valence-corrected chi connectivity index (χ4v) is 5.21. The number of allylic oxidation sites excluding steroid dienone is 8. The van der Waals surface area contributed by atoms with E-state index in [4.69, 9.17) is 18.5 Å². The van der Waals surface area contributed by atoms with E-state index in [0.29, 0.717) is 23.9 Å². The minimum absolute atomic E-state index is 0.0240. The molecule has 0 fully saturated rings. The van der Waals surface area contributed by atoms with E-state index < -0.39 is 32.5 Å². The van der Waals surface area contributed by atoms with Gasteiger partial charge < -0.3 is 18.9 Å². The molecule has 0 aromatic heterocycles. The first-order valence-electron chi connectivity index (χ1n) is 18.4. The van der Waals surface area contributed by atoms with Gasteiger partial charge in [0.1, 0.15) is 19.8 Å². The van der Waals surface area contributed by atoms with E-state index in [1.54, 1.807) is 0 Å². The molecule has 0 bridgehead atoms. The quantitative estimate of drug-likeness (QED) is 0.0243. The van der Waals surface area contributed by atoms with Crippen LogP contribution < -0.4 is 0 Å². The van der Waals surface area contributed by atoms with E-state index in [9.17, 15) is 19.0 Å². The summed E-state index contributed by atoms with van der Waals surface area (Å²) in [4.78, 5) is 35.0. The lowest BCUT2D eigenvalue weighted by Crippen LogP contribution is -2.37. The summed E-state index contributed by atoms with van der Waals surface area (Å²) in [7, 11) is 1.45. The molecule has 0 saturated heterocycles. The highest BCUT2D eigenvalue weighted by molar-refractivity contribution is 7.47. The Balaban J connectivity index is 4.52. The third-order valence-electron chi connectivity index (χ3n) is 7.37. The van der Waals surface area contributed by atoms with Crippen LogP contribution in [-0.2, 0) is 32.7 Å². The topological polar surface area (TPSA) is 108 Å². The van der Waals surface area contributed by atoms with E-state index in [0.717, 1.165) is 57.8 Å². The minimum Gasteiger partial charge on any atom is -0.462 e. The van der Waals surface area contributed by atoms with E-state index in [2.05, 4.69) is 62.5 Å². The van der Waals surface area contributed by atoms with Crippen LogP contribution in [0.3, 0.4) is 0 Å². The van der Waals surface area contributed by atoms with Crippen LogP contribution in [0.1, 0.15) is 129 Å². The Morgan fingerprint density at radius 1 is 0.667 bits per heavy atom. The lowest BCUT2D eigenvalue weighted by molar-refractivity contribution is -0.870. The van der Waals surface area contributed by atoms with Crippen molar-refractivity contribution in [3.63, 3.8) is 0 Å². The Morgan fingerprint density at radius 3 is 1.77 bits per heavy atom. The first-order valence-corrected chi connectivity index (χ1v) is 19.9. The number of ether oxygens (including phenoxy) is 2. The highest BCUT2D eigenvalue weighted by Gasteiger charge is 2.27. The van der Waals surface area contributed by atoms with Crippen molar-refractivity contribution in [2.45, 2.75) is 136 Å². The van der Waals surface area contributed by atoms with Crippen molar-refractivity contribution in [3.8, 4) is 0 Å². The molecule has 10 heteroatoms. The molecule has 0 saturated carbocycles. The average molecular weight is 699 g/mol. The monoisotopic (exact) mass is 698 g/mol. The van der Waals surface area contributed by atoms with Crippen LogP contribution in [0.15, 0.2) is 48.6 Å². The van der Waals surface area contributed by atoms with Crippen LogP contribution >= 0.6 is 7.82 Å². The molecule has 0 heterocycles. The third kappa shape index (κ3) is 33.9. The van der Waals surface area contributed by atoms with Gasteiger partial charge in [0, 0.05) is 12.8 Å². The molecule has 0 aliphatic rings. The van der Waals surface area contributed by atoms with Gasteiger partial charge in [0.15, 0.2) is 6.10 Å². The summed E-state index contributed by atoms with van der Waals surface area (Å²) in [6.07, 6.45) is 33.1. The molecule has 0 radical (unpaired) electrons. The molecule has 278 valence electrons. The third-order valence-corrected chi connectivity index (χ3v) is 8.36. The van der Waals surface area contributed by atoms with Gasteiger partial charge in [0.2, 0.25) is 0 Å². The van der Waals surface area contributed by atoms with Crippen molar-refractivity contribution < 1.29 is 42.1 Å². The zero-order chi connectivity index (χ0) is 35.8. The maximum Gasteiger partial charge on any atom is 0.472 e. The largest absolute Gasteiger partial charge is 0.472 e. The summed E-state index contributed by atoms with van der Waals surface area (Å²) in [6, 6.07) is 0. The van der Waals surface area contributed by atoms with Gasteiger partial charge >= 0.3 is 19.8 Å².